The Morgan fingerprint density at radius 2 is 2.43 bits per heavy atom. The lowest BCUT2D eigenvalue weighted by atomic mass is 10.1. The van der Waals surface area contributed by atoms with Crippen LogP contribution < -0.4 is 10.6 Å². The van der Waals surface area contributed by atoms with Crippen molar-refractivity contribution in [2.75, 3.05) is 18.9 Å². The van der Waals surface area contributed by atoms with Crippen LogP contribution in [0, 0.1) is 0 Å². The third kappa shape index (κ3) is 2.10. The molecular weight excluding hydrogens is 240 g/mol. The van der Waals surface area contributed by atoms with E-state index < -0.39 is 0 Å². The fourth-order valence-corrected chi connectivity index (χ4v) is 2.31. The SMILES string of the molecule is CNCCC1Cc2cc(Br)ccc2N1. The highest BCUT2D eigenvalue weighted by molar-refractivity contribution is 9.10. The summed E-state index contributed by atoms with van der Waals surface area (Å²) in [4.78, 5) is 0. The van der Waals surface area contributed by atoms with Gasteiger partial charge in [0.2, 0.25) is 0 Å². The molecule has 0 bridgehead atoms. The quantitative estimate of drug-likeness (QED) is 0.866. The Balaban J connectivity index is 2.03. The molecule has 0 amide bonds. The molecule has 0 radical (unpaired) electrons. The fourth-order valence-electron chi connectivity index (χ4n) is 1.90. The first-order valence-corrected chi connectivity index (χ1v) is 5.78. The zero-order chi connectivity index (χ0) is 9.97. The lowest BCUT2D eigenvalue weighted by Crippen LogP contribution is -2.21. The average Bonchev–Trinajstić information content (AvgIpc) is 2.56. The maximum atomic E-state index is 3.54. The molecule has 1 aromatic rings. The van der Waals surface area contributed by atoms with Gasteiger partial charge in [-0.15, -0.1) is 0 Å². The summed E-state index contributed by atoms with van der Waals surface area (Å²) >= 11 is 3.50. The van der Waals surface area contributed by atoms with Gasteiger partial charge < -0.3 is 10.6 Å². The minimum Gasteiger partial charge on any atom is -0.382 e. The second-order valence-corrected chi connectivity index (χ2v) is 4.65. The molecule has 1 heterocycles. The zero-order valence-corrected chi connectivity index (χ0v) is 9.89. The first-order valence-electron chi connectivity index (χ1n) is 4.99. The van der Waals surface area contributed by atoms with Crippen molar-refractivity contribution in [3.8, 4) is 0 Å². The summed E-state index contributed by atoms with van der Waals surface area (Å²) in [6.07, 6.45) is 2.33. The minimum atomic E-state index is 0.603. The predicted octanol–water partition coefficient (Wildman–Crippen LogP) is 2.40. The summed E-state index contributed by atoms with van der Waals surface area (Å²) in [5, 5.41) is 6.72. The van der Waals surface area contributed by atoms with Crippen LogP contribution in [0.3, 0.4) is 0 Å². The van der Waals surface area contributed by atoms with Crippen molar-refractivity contribution >= 4 is 21.6 Å². The van der Waals surface area contributed by atoms with E-state index in [0.29, 0.717) is 6.04 Å². The number of fused-ring (bicyclic) bond motifs is 1. The summed E-state index contributed by atoms with van der Waals surface area (Å²) in [5.74, 6) is 0. The summed E-state index contributed by atoms with van der Waals surface area (Å²) in [6, 6.07) is 7.05. The Hall–Kier alpha value is -0.540. The first-order chi connectivity index (χ1) is 6.79. The summed E-state index contributed by atoms with van der Waals surface area (Å²) in [7, 11) is 2.00. The second kappa shape index (κ2) is 4.32. The smallest absolute Gasteiger partial charge is 0.0376 e. The van der Waals surface area contributed by atoms with Crippen LogP contribution in [0.15, 0.2) is 22.7 Å². The van der Waals surface area contributed by atoms with Crippen LogP contribution in [0.25, 0.3) is 0 Å². The van der Waals surface area contributed by atoms with Gasteiger partial charge in [-0.1, -0.05) is 15.9 Å². The molecule has 0 saturated heterocycles. The molecule has 2 rings (SSSR count). The van der Waals surface area contributed by atoms with E-state index in [9.17, 15) is 0 Å². The van der Waals surface area contributed by atoms with E-state index in [0.717, 1.165) is 13.0 Å². The summed E-state index contributed by atoms with van der Waals surface area (Å²) in [5.41, 5.74) is 2.73. The lowest BCUT2D eigenvalue weighted by molar-refractivity contribution is 0.635. The van der Waals surface area contributed by atoms with Crippen molar-refractivity contribution in [3.05, 3.63) is 28.2 Å². The van der Waals surface area contributed by atoms with Crippen molar-refractivity contribution in [2.45, 2.75) is 18.9 Å². The maximum Gasteiger partial charge on any atom is 0.0376 e. The highest BCUT2D eigenvalue weighted by atomic mass is 79.9. The van der Waals surface area contributed by atoms with Gasteiger partial charge >= 0.3 is 0 Å². The van der Waals surface area contributed by atoms with Gasteiger partial charge in [-0.3, -0.25) is 0 Å². The van der Waals surface area contributed by atoms with Crippen molar-refractivity contribution in [3.63, 3.8) is 0 Å². The molecule has 2 nitrogen and oxygen atoms in total. The van der Waals surface area contributed by atoms with Crippen LogP contribution in [-0.2, 0) is 6.42 Å². The fraction of sp³-hybridized carbons (Fsp3) is 0.455. The van der Waals surface area contributed by atoms with E-state index in [-0.39, 0.29) is 0 Å². The molecule has 0 spiro atoms. The monoisotopic (exact) mass is 254 g/mol. The standard InChI is InChI=1S/C11H15BrN2/c1-13-5-4-10-7-8-6-9(12)2-3-11(8)14-10/h2-3,6,10,13-14H,4-5,7H2,1H3. The molecule has 1 unspecified atom stereocenters. The maximum absolute atomic E-state index is 3.54. The Morgan fingerprint density at radius 3 is 3.21 bits per heavy atom. The molecule has 0 saturated carbocycles. The van der Waals surface area contributed by atoms with E-state index in [4.69, 9.17) is 0 Å². The number of rotatable bonds is 3. The van der Waals surface area contributed by atoms with Crippen LogP contribution in [0.5, 0.6) is 0 Å². The molecule has 0 aliphatic carbocycles. The van der Waals surface area contributed by atoms with E-state index in [1.165, 1.54) is 22.1 Å². The van der Waals surface area contributed by atoms with E-state index in [1.807, 2.05) is 7.05 Å². The third-order valence-corrected chi connectivity index (χ3v) is 3.13. The van der Waals surface area contributed by atoms with Crippen LogP contribution in [0.1, 0.15) is 12.0 Å². The van der Waals surface area contributed by atoms with Gasteiger partial charge in [0, 0.05) is 16.2 Å². The molecular formula is C11H15BrN2. The third-order valence-electron chi connectivity index (χ3n) is 2.64. The van der Waals surface area contributed by atoms with Crippen LogP contribution >= 0.6 is 15.9 Å². The van der Waals surface area contributed by atoms with Gasteiger partial charge in [-0.2, -0.15) is 0 Å². The summed E-state index contributed by atoms with van der Waals surface area (Å²) in [6.45, 7) is 1.08. The molecule has 3 heteroatoms. The minimum absolute atomic E-state index is 0.603. The van der Waals surface area contributed by atoms with Gasteiger partial charge in [0.05, 0.1) is 0 Å². The van der Waals surface area contributed by atoms with Gasteiger partial charge in [0.25, 0.3) is 0 Å². The average molecular weight is 255 g/mol. The van der Waals surface area contributed by atoms with Gasteiger partial charge in [-0.25, -0.2) is 0 Å². The van der Waals surface area contributed by atoms with Crippen LogP contribution in [0.2, 0.25) is 0 Å². The molecule has 76 valence electrons. The molecule has 0 fully saturated rings. The number of hydrogen-bond donors (Lipinski definition) is 2. The van der Waals surface area contributed by atoms with E-state index in [1.54, 1.807) is 0 Å². The van der Waals surface area contributed by atoms with Crippen molar-refractivity contribution in [2.24, 2.45) is 0 Å². The van der Waals surface area contributed by atoms with Crippen molar-refractivity contribution in [1.82, 2.24) is 5.32 Å². The normalized spacial score (nSPS) is 19.1. The highest BCUT2D eigenvalue weighted by Gasteiger charge is 2.19. The molecule has 1 aliphatic heterocycles. The Bertz CT molecular complexity index is 325. The molecule has 1 aromatic carbocycles. The number of hydrogen-bond acceptors (Lipinski definition) is 2. The number of anilines is 1. The second-order valence-electron chi connectivity index (χ2n) is 3.74. The van der Waals surface area contributed by atoms with Gasteiger partial charge in [0.1, 0.15) is 0 Å². The Kier molecular flexibility index (Phi) is 3.08. The molecule has 2 N–H and O–H groups in total. The van der Waals surface area contributed by atoms with Gasteiger partial charge in [0.15, 0.2) is 0 Å². The van der Waals surface area contributed by atoms with E-state index in [2.05, 4.69) is 44.8 Å². The molecule has 1 atom stereocenters. The number of benzene rings is 1. The Morgan fingerprint density at radius 1 is 1.57 bits per heavy atom. The van der Waals surface area contributed by atoms with Crippen molar-refractivity contribution in [1.29, 1.82) is 0 Å². The van der Waals surface area contributed by atoms with E-state index >= 15 is 0 Å². The van der Waals surface area contributed by atoms with Crippen LogP contribution in [0.4, 0.5) is 5.69 Å². The summed E-state index contributed by atoms with van der Waals surface area (Å²) < 4.78 is 1.17. The number of nitrogens with one attached hydrogen (secondary N) is 2. The Labute approximate surface area is 93.2 Å². The molecule has 14 heavy (non-hydrogen) atoms. The molecule has 1 aliphatic rings. The van der Waals surface area contributed by atoms with Crippen LogP contribution in [-0.4, -0.2) is 19.6 Å². The largest absolute Gasteiger partial charge is 0.382 e. The van der Waals surface area contributed by atoms with Gasteiger partial charge in [-0.05, 0) is 50.2 Å². The zero-order valence-electron chi connectivity index (χ0n) is 8.31. The topological polar surface area (TPSA) is 24.1 Å². The first kappa shape index (κ1) is 9.99. The predicted molar refractivity (Wildman–Crippen MR) is 63.8 cm³/mol. The van der Waals surface area contributed by atoms with Crippen molar-refractivity contribution < 1.29 is 0 Å². The highest BCUT2D eigenvalue weighted by Crippen LogP contribution is 2.29. The lowest BCUT2D eigenvalue weighted by Gasteiger charge is -2.09. The molecule has 0 aromatic heterocycles. The number of halogens is 1.